The summed E-state index contributed by atoms with van der Waals surface area (Å²) in [6, 6.07) is 9.15. The van der Waals surface area contributed by atoms with E-state index in [4.69, 9.17) is 14.6 Å². The van der Waals surface area contributed by atoms with Crippen LogP contribution in [0, 0.1) is 0 Å². The van der Waals surface area contributed by atoms with Gasteiger partial charge in [0.05, 0.1) is 26.5 Å². The van der Waals surface area contributed by atoms with Crippen LogP contribution in [0.1, 0.15) is 34.5 Å². The molecular formula is C23H26N4O3. The second-order valence-electron chi connectivity index (χ2n) is 7.30. The van der Waals surface area contributed by atoms with E-state index in [9.17, 15) is 4.79 Å². The lowest BCUT2D eigenvalue weighted by Gasteiger charge is -2.15. The lowest BCUT2D eigenvalue weighted by atomic mass is 9.94. The second kappa shape index (κ2) is 8.98. The molecule has 156 valence electrons. The van der Waals surface area contributed by atoms with E-state index < -0.39 is 0 Å². The van der Waals surface area contributed by atoms with Crippen molar-refractivity contribution in [3.8, 4) is 22.8 Å². The van der Waals surface area contributed by atoms with E-state index in [0.717, 1.165) is 24.1 Å². The van der Waals surface area contributed by atoms with Crippen LogP contribution < -0.4 is 14.8 Å². The van der Waals surface area contributed by atoms with Gasteiger partial charge in [0.15, 0.2) is 0 Å². The Balaban J connectivity index is 1.48. The average molecular weight is 406 g/mol. The van der Waals surface area contributed by atoms with Gasteiger partial charge in [0.2, 0.25) is 0 Å². The number of amides is 1. The van der Waals surface area contributed by atoms with Crippen molar-refractivity contribution >= 4 is 5.91 Å². The predicted molar refractivity (Wildman–Crippen MR) is 114 cm³/mol. The van der Waals surface area contributed by atoms with Crippen LogP contribution in [0.2, 0.25) is 0 Å². The molecule has 0 saturated heterocycles. The molecule has 0 spiro atoms. The molecule has 0 bridgehead atoms. The molecule has 3 aromatic rings. The third-order valence-electron chi connectivity index (χ3n) is 5.43. The van der Waals surface area contributed by atoms with E-state index in [2.05, 4.69) is 15.0 Å². The van der Waals surface area contributed by atoms with Gasteiger partial charge in [-0.25, -0.2) is 0 Å². The highest BCUT2D eigenvalue weighted by Crippen LogP contribution is 2.31. The van der Waals surface area contributed by atoms with Crippen molar-refractivity contribution in [1.29, 1.82) is 0 Å². The van der Waals surface area contributed by atoms with E-state index in [1.807, 2.05) is 12.1 Å². The van der Waals surface area contributed by atoms with Crippen molar-refractivity contribution < 1.29 is 14.3 Å². The molecule has 1 aliphatic carbocycles. The summed E-state index contributed by atoms with van der Waals surface area (Å²) < 4.78 is 12.6. The number of carbonyl (C=O) groups is 1. The maximum absolute atomic E-state index is 12.6. The molecule has 4 rings (SSSR count). The zero-order chi connectivity index (χ0) is 20.9. The summed E-state index contributed by atoms with van der Waals surface area (Å²) in [7, 11) is 3.13. The maximum atomic E-state index is 12.6. The van der Waals surface area contributed by atoms with Crippen molar-refractivity contribution in [2.75, 3.05) is 20.8 Å². The summed E-state index contributed by atoms with van der Waals surface area (Å²) in [5, 5.41) is 7.87. The van der Waals surface area contributed by atoms with E-state index >= 15 is 0 Å². The van der Waals surface area contributed by atoms with E-state index in [1.165, 1.54) is 24.1 Å². The summed E-state index contributed by atoms with van der Waals surface area (Å²) in [4.78, 5) is 16.7. The largest absolute Gasteiger partial charge is 0.497 e. The Labute approximate surface area is 176 Å². The standard InChI is InChI=1S/C23H26N4O3/c1-29-18-13-17(14-19(15-18)30-2)23(28)25-11-12-27-21-6-4-3-5-20(21)22(26-27)16-7-9-24-10-8-16/h7-10,13-15H,3-6,11-12H2,1-2H3,(H,25,28). The van der Waals surface area contributed by atoms with Crippen molar-refractivity contribution in [2.24, 2.45) is 0 Å². The highest BCUT2D eigenvalue weighted by molar-refractivity contribution is 5.95. The minimum absolute atomic E-state index is 0.164. The number of pyridine rings is 1. The monoisotopic (exact) mass is 406 g/mol. The molecule has 7 heteroatoms. The fraction of sp³-hybridized carbons (Fsp3) is 0.348. The van der Waals surface area contributed by atoms with Crippen LogP contribution in [-0.4, -0.2) is 41.4 Å². The second-order valence-corrected chi connectivity index (χ2v) is 7.30. The van der Waals surface area contributed by atoms with Gasteiger partial charge in [-0.05, 0) is 49.9 Å². The molecule has 30 heavy (non-hydrogen) atoms. The molecule has 0 radical (unpaired) electrons. The van der Waals surface area contributed by atoms with Crippen LogP contribution in [0.25, 0.3) is 11.3 Å². The van der Waals surface area contributed by atoms with E-state index in [-0.39, 0.29) is 5.91 Å². The fourth-order valence-electron chi connectivity index (χ4n) is 3.91. The SMILES string of the molecule is COc1cc(OC)cc(C(=O)NCCn2nc(-c3ccncc3)c3c2CCCC3)c1. The lowest BCUT2D eigenvalue weighted by Crippen LogP contribution is -2.28. The van der Waals surface area contributed by atoms with Gasteiger partial charge < -0.3 is 14.8 Å². The van der Waals surface area contributed by atoms with Crippen molar-refractivity contribution in [3.05, 3.63) is 59.5 Å². The molecule has 0 fully saturated rings. The number of ether oxygens (including phenoxy) is 2. The molecule has 0 atom stereocenters. The Morgan fingerprint density at radius 1 is 1.07 bits per heavy atom. The molecular weight excluding hydrogens is 380 g/mol. The molecule has 1 aliphatic rings. The maximum Gasteiger partial charge on any atom is 0.251 e. The molecule has 2 heterocycles. The fourth-order valence-corrected chi connectivity index (χ4v) is 3.91. The Kier molecular flexibility index (Phi) is 5.97. The Morgan fingerprint density at radius 2 is 1.77 bits per heavy atom. The molecule has 0 saturated carbocycles. The van der Waals surface area contributed by atoms with Gasteiger partial charge in [-0.2, -0.15) is 5.10 Å². The number of aromatic nitrogens is 3. The van der Waals surface area contributed by atoms with Crippen molar-refractivity contribution in [1.82, 2.24) is 20.1 Å². The van der Waals surface area contributed by atoms with Crippen LogP contribution in [-0.2, 0) is 19.4 Å². The van der Waals surface area contributed by atoms with Gasteiger partial charge in [-0.1, -0.05) is 0 Å². The molecule has 7 nitrogen and oxygen atoms in total. The first-order valence-corrected chi connectivity index (χ1v) is 10.2. The third kappa shape index (κ3) is 4.15. The zero-order valence-corrected chi connectivity index (χ0v) is 17.4. The molecule has 2 aromatic heterocycles. The highest BCUT2D eigenvalue weighted by atomic mass is 16.5. The average Bonchev–Trinajstić information content (AvgIpc) is 3.18. The number of hydrogen-bond donors (Lipinski definition) is 1. The molecule has 1 aromatic carbocycles. The normalized spacial score (nSPS) is 12.9. The number of benzene rings is 1. The number of nitrogens with zero attached hydrogens (tertiary/aromatic N) is 3. The quantitative estimate of drug-likeness (QED) is 0.652. The molecule has 1 amide bonds. The van der Waals surface area contributed by atoms with Crippen molar-refractivity contribution in [3.63, 3.8) is 0 Å². The number of nitrogens with one attached hydrogen (secondary N) is 1. The van der Waals surface area contributed by atoms with Gasteiger partial charge in [0, 0.05) is 47.4 Å². The topological polar surface area (TPSA) is 78.3 Å². The molecule has 1 N–H and O–H groups in total. The highest BCUT2D eigenvalue weighted by Gasteiger charge is 2.21. The Morgan fingerprint density at radius 3 is 2.47 bits per heavy atom. The minimum atomic E-state index is -0.164. The van der Waals surface area contributed by atoms with Crippen LogP contribution in [0.5, 0.6) is 11.5 Å². The van der Waals surface area contributed by atoms with Gasteiger partial charge >= 0.3 is 0 Å². The summed E-state index contributed by atoms with van der Waals surface area (Å²) in [5.41, 5.74) is 5.25. The molecule has 0 aliphatic heterocycles. The van der Waals surface area contributed by atoms with Crippen LogP contribution in [0.3, 0.4) is 0 Å². The van der Waals surface area contributed by atoms with Crippen LogP contribution in [0.4, 0.5) is 0 Å². The summed E-state index contributed by atoms with van der Waals surface area (Å²) in [5.74, 6) is 1.01. The van der Waals surface area contributed by atoms with Gasteiger partial charge in [-0.3, -0.25) is 14.5 Å². The summed E-state index contributed by atoms with van der Waals surface area (Å²) in [6.07, 6.45) is 8.02. The summed E-state index contributed by atoms with van der Waals surface area (Å²) in [6.45, 7) is 1.11. The first-order valence-electron chi connectivity index (χ1n) is 10.2. The number of fused-ring (bicyclic) bond motifs is 1. The first kappa shape index (κ1) is 19.9. The predicted octanol–water partition coefficient (Wildman–Crippen LogP) is 3.27. The van der Waals surface area contributed by atoms with E-state index in [1.54, 1.807) is 44.8 Å². The van der Waals surface area contributed by atoms with Crippen LogP contribution in [0.15, 0.2) is 42.7 Å². The minimum Gasteiger partial charge on any atom is -0.497 e. The number of methoxy groups -OCH3 is 2. The Hall–Kier alpha value is -3.35. The zero-order valence-electron chi connectivity index (χ0n) is 17.4. The van der Waals surface area contributed by atoms with E-state index in [0.29, 0.717) is 30.2 Å². The molecule has 0 unspecified atom stereocenters. The van der Waals surface area contributed by atoms with Crippen molar-refractivity contribution in [2.45, 2.75) is 32.2 Å². The Bertz CT molecular complexity index is 1010. The van der Waals surface area contributed by atoms with Gasteiger partial charge in [0.25, 0.3) is 5.91 Å². The van der Waals surface area contributed by atoms with Crippen LogP contribution >= 0.6 is 0 Å². The summed E-state index contributed by atoms with van der Waals surface area (Å²) >= 11 is 0. The number of rotatable bonds is 7. The smallest absolute Gasteiger partial charge is 0.251 e. The first-order chi connectivity index (χ1) is 14.7. The third-order valence-corrected chi connectivity index (χ3v) is 5.43. The van der Waals surface area contributed by atoms with Gasteiger partial charge in [-0.15, -0.1) is 0 Å². The van der Waals surface area contributed by atoms with Gasteiger partial charge in [0.1, 0.15) is 11.5 Å². The number of hydrogen-bond acceptors (Lipinski definition) is 5. The lowest BCUT2D eigenvalue weighted by molar-refractivity contribution is 0.0951. The number of carbonyl (C=O) groups excluding carboxylic acids is 1.